The Balaban J connectivity index is 2.41. The first-order valence-corrected chi connectivity index (χ1v) is 6.14. The van der Waals surface area contributed by atoms with Gasteiger partial charge in [-0.1, -0.05) is 11.6 Å². The Morgan fingerprint density at radius 3 is 2.35 bits per heavy atom. The first kappa shape index (κ1) is 14.4. The van der Waals surface area contributed by atoms with E-state index in [0.29, 0.717) is 22.2 Å². The molecule has 1 aromatic carbocycles. The molecule has 0 spiro atoms. The zero-order valence-corrected chi connectivity index (χ0v) is 12.2. The van der Waals surface area contributed by atoms with E-state index in [1.165, 1.54) is 14.2 Å². The van der Waals surface area contributed by atoms with Crippen molar-refractivity contribution in [2.45, 2.75) is 0 Å². The van der Waals surface area contributed by atoms with Gasteiger partial charge in [0.15, 0.2) is 0 Å². The highest BCUT2D eigenvalue weighted by molar-refractivity contribution is 6.32. The molecule has 0 aliphatic rings. The molecule has 0 radical (unpaired) electrons. The van der Waals surface area contributed by atoms with Crippen LogP contribution >= 0.6 is 23.2 Å². The zero-order valence-electron chi connectivity index (χ0n) is 10.6. The van der Waals surface area contributed by atoms with E-state index in [-0.39, 0.29) is 17.2 Å². The number of nitrogens with zero attached hydrogens (tertiary/aromatic N) is 3. The van der Waals surface area contributed by atoms with Crippen LogP contribution in [0.25, 0.3) is 0 Å². The van der Waals surface area contributed by atoms with E-state index >= 15 is 0 Å². The predicted molar refractivity (Wildman–Crippen MR) is 77.1 cm³/mol. The highest BCUT2D eigenvalue weighted by Crippen LogP contribution is 2.36. The molecular weight excluding hydrogens is 305 g/mol. The number of anilines is 3. The van der Waals surface area contributed by atoms with Crippen LogP contribution in [0.3, 0.4) is 0 Å². The van der Waals surface area contributed by atoms with Gasteiger partial charge in [0.05, 0.1) is 24.9 Å². The van der Waals surface area contributed by atoms with Crippen molar-refractivity contribution in [3.8, 4) is 11.5 Å². The molecule has 0 bridgehead atoms. The minimum atomic E-state index is -0.0140. The van der Waals surface area contributed by atoms with Crippen LogP contribution in [-0.4, -0.2) is 29.2 Å². The summed E-state index contributed by atoms with van der Waals surface area (Å²) in [7, 11) is 3.02. The van der Waals surface area contributed by atoms with Crippen molar-refractivity contribution in [3.63, 3.8) is 0 Å². The Morgan fingerprint density at radius 2 is 1.75 bits per heavy atom. The van der Waals surface area contributed by atoms with Crippen LogP contribution < -0.4 is 20.5 Å². The molecule has 106 valence electrons. The van der Waals surface area contributed by atoms with Gasteiger partial charge in [-0.15, -0.1) is 0 Å². The fourth-order valence-corrected chi connectivity index (χ4v) is 1.90. The number of methoxy groups -OCH3 is 2. The van der Waals surface area contributed by atoms with Crippen molar-refractivity contribution in [2.75, 3.05) is 25.3 Å². The van der Waals surface area contributed by atoms with Crippen molar-refractivity contribution in [2.24, 2.45) is 0 Å². The monoisotopic (exact) mass is 315 g/mol. The molecule has 20 heavy (non-hydrogen) atoms. The predicted octanol–water partition coefficient (Wildman–Crippen LogP) is 2.52. The number of ether oxygens (including phenoxy) is 2. The van der Waals surface area contributed by atoms with E-state index in [9.17, 15) is 0 Å². The highest BCUT2D eigenvalue weighted by Gasteiger charge is 2.12. The van der Waals surface area contributed by atoms with Crippen molar-refractivity contribution in [1.82, 2.24) is 15.0 Å². The largest absolute Gasteiger partial charge is 0.495 e. The molecule has 0 aliphatic carbocycles. The molecule has 9 heteroatoms. The maximum absolute atomic E-state index is 6.02. The Bertz CT molecular complexity index is 618. The second-order valence-corrected chi connectivity index (χ2v) is 4.34. The number of benzene rings is 1. The van der Waals surface area contributed by atoms with Gasteiger partial charge in [-0.05, 0) is 11.6 Å². The van der Waals surface area contributed by atoms with E-state index in [4.69, 9.17) is 38.4 Å². The second-order valence-electron chi connectivity index (χ2n) is 3.60. The molecule has 0 unspecified atom stereocenters. The van der Waals surface area contributed by atoms with Crippen molar-refractivity contribution in [3.05, 3.63) is 22.4 Å². The third-order valence-electron chi connectivity index (χ3n) is 2.35. The summed E-state index contributed by atoms with van der Waals surface area (Å²) in [5.74, 6) is 1.16. The van der Waals surface area contributed by atoms with Crippen molar-refractivity contribution >= 4 is 40.8 Å². The van der Waals surface area contributed by atoms with Crippen LogP contribution in [0.1, 0.15) is 0 Å². The van der Waals surface area contributed by atoms with Gasteiger partial charge in [0.25, 0.3) is 0 Å². The molecule has 0 atom stereocenters. The minimum Gasteiger partial charge on any atom is -0.495 e. The van der Waals surface area contributed by atoms with Crippen LogP contribution in [0.5, 0.6) is 11.5 Å². The fraction of sp³-hybridized carbons (Fsp3) is 0.182. The summed E-state index contributed by atoms with van der Waals surface area (Å²) in [5.41, 5.74) is 6.05. The van der Waals surface area contributed by atoms with Gasteiger partial charge in [0.2, 0.25) is 17.2 Å². The summed E-state index contributed by atoms with van der Waals surface area (Å²) >= 11 is 11.7. The molecule has 1 aromatic heterocycles. The first-order valence-electron chi connectivity index (χ1n) is 5.39. The third-order valence-corrected chi connectivity index (χ3v) is 2.81. The molecule has 0 fully saturated rings. The third kappa shape index (κ3) is 3.12. The molecule has 7 nitrogen and oxygen atoms in total. The average Bonchev–Trinajstić information content (AvgIpc) is 2.39. The number of hydrogen-bond donors (Lipinski definition) is 2. The van der Waals surface area contributed by atoms with Crippen LogP contribution in [0.15, 0.2) is 12.1 Å². The fourth-order valence-electron chi connectivity index (χ4n) is 1.50. The molecular formula is C11H11Cl2N5O2. The van der Waals surface area contributed by atoms with Gasteiger partial charge in [-0.3, -0.25) is 0 Å². The smallest absolute Gasteiger partial charge is 0.233 e. The van der Waals surface area contributed by atoms with Crippen molar-refractivity contribution in [1.29, 1.82) is 0 Å². The van der Waals surface area contributed by atoms with Gasteiger partial charge in [0.1, 0.15) is 11.5 Å². The molecule has 0 saturated heterocycles. The minimum absolute atomic E-state index is 0.00685. The van der Waals surface area contributed by atoms with Gasteiger partial charge >= 0.3 is 0 Å². The summed E-state index contributed by atoms with van der Waals surface area (Å²) in [6, 6.07) is 3.25. The summed E-state index contributed by atoms with van der Waals surface area (Å²) < 4.78 is 10.4. The Kier molecular flexibility index (Phi) is 4.31. The lowest BCUT2D eigenvalue weighted by Gasteiger charge is -2.13. The summed E-state index contributed by atoms with van der Waals surface area (Å²) in [4.78, 5) is 11.5. The maximum atomic E-state index is 6.02. The zero-order chi connectivity index (χ0) is 14.7. The number of halogens is 2. The number of nitrogen functional groups attached to an aromatic ring is 1. The lowest BCUT2D eigenvalue weighted by atomic mass is 10.2. The second kappa shape index (κ2) is 5.98. The van der Waals surface area contributed by atoms with E-state index in [2.05, 4.69) is 20.3 Å². The van der Waals surface area contributed by atoms with Crippen LogP contribution in [0.4, 0.5) is 17.6 Å². The molecule has 2 aromatic rings. The van der Waals surface area contributed by atoms with Gasteiger partial charge < -0.3 is 20.5 Å². The van der Waals surface area contributed by atoms with Gasteiger partial charge in [-0.25, -0.2) is 0 Å². The number of rotatable bonds is 4. The molecule has 3 N–H and O–H groups in total. The van der Waals surface area contributed by atoms with Crippen LogP contribution in [0, 0.1) is 0 Å². The maximum Gasteiger partial charge on any atom is 0.233 e. The Hall–Kier alpha value is -1.99. The highest BCUT2D eigenvalue weighted by atomic mass is 35.5. The standard InChI is InChI=1S/C11H11Cl2N5O2/c1-19-7-4-6(8(20-2)3-5(7)12)15-11-17-9(13)16-10(14)18-11/h3-4H,1-2H3,(H3,14,15,16,17,18). The normalized spacial score (nSPS) is 10.2. The van der Waals surface area contributed by atoms with Crippen LogP contribution in [0.2, 0.25) is 10.3 Å². The quantitative estimate of drug-likeness (QED) is 0.894. The first-order chi connectivity index (χ1) is 9.53. The van der Waals surface area contributed by atoms with E-state index in [1.807, 2.05) is 0 Å². The molecule has 1 heterocycles. The lowest BCUT2D eigenvalue weighted by molar-refractivity contribution is 0.405. The lowest BCUT2D eigenvalue weighted by Crippen LogP contribution is -2.04. The van der Waals surface area contributed by atoms with Gasteiger partial charge in [0, 0.05) is 12.1 Å². The number of nitrogens with two attached hydrogens (primary N) is 1. The van der Waals surface area contributed by atoms with E-state index in [0.717, 1.165) is 0 Å². The molecule has 0 saturated carbocycles. The van der Waals surface area contributed by atoms with E-state index < -0.39 is 0 Å². The topological polar surface area (TPSA) is 95.2 Å². The van der Waals surface area contributed by atoms with Crippen LogP contribution in [-0.2, 0) is 0 Å². The average molecular weight is 316 g/mol. The molecule has 0 aliphatic heterocycles. The summed E-state index contributed by atoms with van der Waals surface area (Å²) in [5, 5.41) is 3.32. The Morgan fingerprint density at radius 1 is 1.05 bits per heavy atom. The number of nitrogens with one attached hydrogen (secondary N) is 1. The number of aromatic nitrogens is 3. The molecule has 2 rings (SSSR count). The summed E-state index contributed by atoms with van der Waals surface area (Å²) in [6.45, 7) is 0. The van der Waals surface area contributed by atoms with E-state index in [1.54, 1.807) is 12.1 Å². The number of hydrogen-bond acceptors (Lipinski definition) is 7. The molecule has 0 amide bonds. The van der Waals surface area contributed by atoms with Gasteiger partial charge in [-0.2, -0.15) is 15.0 Å². The summed E-state index contributed by atoms with van der Waals surface area (Å²) in [6.07, 6.45) is 0. The SMILES string of the molecule is COc1cc(Nc2nc(N)nc(Cl)n2)c(OC)cc1Cl. The van der Waals surface area contributed by atoms with Crippen molar-refractivity contribution < 1.29 is 9.47 Å². The Labute approximate surface area is 125 Å².